The van der Waals surface area contributed by atoms with Gasteiger partial charge in [0.25, 0.3) is 0 Å². The molecule has 0 unspecified atom stereocenters. The number of aliphatic carboxylic acids is 1. The first-order valence-corrected chi connectivity index (χ1v) is 6.85. The van der Waals surface area contributed by atoms with Crippen molar-refractivity contribution in [2.75, 3.05) is 19.6 Å². The first-order valence-electron chi connectivity index (χ1n) is 6.85. The number of hydrogen-bond donors (Lipinski definition) is 1. The van der Waals surface area contributed by atoms with Gasteiger partial charge in [0, 0.05) is 13.1 Å². The van der Waals surface area contributed by atoms with Gasteiger partial charge in [-0.05, 0) is 18.1 Å². The van der Waals surface area contributed by atoms with Crippen LogP contribution in [0.3, 0.4) is 0 Å². The van der Waals surface area contributed by atoms with Gasteiger partial charge in [0.15, 0.2) is 0 Å². The van der Waals surface area contributed by atoms with Crippen LogP contribution in [0.2, 0.25) is 0 Å². The van der Waals surface area contributed by atoms with Gasteiger partial charge in [0.1, 0.15) is 6.54 Å². The molecule has 0 atom stereocenters. The van der Waals surface area contributed by atoms with E-state index in [1.54, 1.807) is 24.3 Å². The topological polar surface area (TPSA) is 77.9 Å². The minimum atomic E-state index is -0.916. The van der Waals surface area contributed by atoms with Crippen LogP contribution < -0.4 is 0 Å². The Labute approximate surface area is 123 Å². The van der Waals surface area contributed by atoms with Gasteiger partial charge in [-0.25, -0.2) is 0 Å². The van der Waals surface area contributed by atoms with Gasteiger partial charge in [-0.15, -0.1) is 0 Å². The van der Waals surface area contributed by atoms with Crippen molar-refractivity contribution >= 4 is 17.8 Å². The van der Waals surface area contributed by atoms with Gasteiger partial charge < -0.3 is 14.9 Å². The zero-order chi connectivity index (χ0) is 15.4. The van der Waals surface area contributed by atoms with Crippen molar-refractivity contribution in [3.63, 3.8) is 0 Å². The van der Waals surface area contributed by atoms with Crippen molar-refractivity contribution in [3.05, 3.63) is 35.4 Å². The van der Waals surface area contributed by atoms with Crippen LogP contribution >= 0.6 is 0 Å². The van der Waals surface area contributed by atoms with Crippen LogP contribution in [0, 0.1) is 0 Å². The molecule has 6 nitrogen and oxygen atoms in total. The zero-order valence-corrected chi connectivity index (χ0v) is 11.9. The smallest absolute Gasteiger partial charge is 0.307 e. The molecule has 0 aromatic heterocycles. The molecular weight excluding hydrogens is 272 g/mol. The molecule has 1 heterocycles. The Morgan fingerprint density at radius 1 is 1.10 bits per heavy atom. The van der Waals surface area contributed by atoms with Crippen LogP contribution in [-0.2, 0) is 27.3 Å². The molecule has 2 amide bonds. The van der Waals surface area contributed by atoms with E-state index in [0.717, 1.165) is 5.56 Å². The Kier molecular flexibility index (Phi) is 4.57. The van der Waals surface area contributed by atoms with E-state index in [9.17, 15) is 14.4 Å². The molecule has 1 aliphatic rings. The summed E-state index contributed by atoms with van der Waals surface area (Å²) in [5, 5.41) is 8.92. The van der Waals surface area contributed by atoms with Gasteiger partial charge >= 0.3 is 5.97 Å². The molecule has 0 spiro atoms. The van der Waals surface area contributed by atoms with E-state index in [4.69, 9.17) is 5.11 Å². The lowest BCUT2D eigenvalue weighted by Gasteiger charge is -2.33. The highest BCUT2D eigenvalue weighted by molar-refractivity contribution is 5.92. The van der Waals surface area contributed by atoms with Crippen LogP contribution in [0.15, 0.2) is 24.3 Å². The second-order valence-electron chi connectivity index (χ2n) is 5.00. The van der Waals surface area contributed by atoms with E-state index in [0.29, 0.717) is 12.1 Å². The van der Waals surface area contributed by atoms with Crippen molar-refractivity contribution in [2.24, 2.45) is 0 Å². The molecule has 0 saturated carbocycles. The number of likely N-dealkylation sites (N-methyl/N-ethyl adjacent to an activating group) is 1. The summed E-state index contributed by atoms with van der Waals surface area (Å²) in [6.07, 6.45) is -0.0900. The Morgan fingerprint density at radius 3 is 2.29 bits per heavy atom. The number of nitrogens with zero attached hydrogens (tertiary/aromatic N) is 2. The second-order valence-corrected chi connectivity index (χ2v) is 5.00. The molecule has 6 heteroatoms. The van der Waals surface area contributed by atoms with Gasteiger partial charge in [-0.3, -0.25) is 14.4 Å². The van der Waals surface area contributed by atoms with Crippen molar-refractivity contribution in [3.8, 4) is 0 Å². The van der Waals surface area contributed by atoms with Crippen molar-refractivity contribution < 1.29 is 19.5 Å². The highest BCUT2D eigenvalue weighted by Gasteiger charge is 2.29. The number of carbonyl (C=O) groups is 3. The Hall–Kier alpha value is -2.37. The van der Waals surface area contributed by atoms with Crippen LogP contribution in [-0.4, -0.2) is 52.3 Å². The predicted molar refractivity (Wildman–Crippen MR) is 75.5 cm³/mol. The highest BCUT2D eigenvalue weighted by Crippen LogP contribution is 2.15. The summed E-state index contributed by atoms with van der Waals surface area (Å²) in [6.45, 7) is 2.77. The quantitative estimate of drug-likeness (QED) is 0.857. The lowest BCUT2D eigenvalue weighted by Crippen LogP contribution is -2.53. The van der Waals surface area contributed by atoms with Crippen molar-refractivity contribution in [2.45, 2.75) is 19.9 Å². The third kappa shape index (κ3) is 3.59. The van der Waals surface area contributed by atoms with Crippen LogP contribution in [0.4, 0.5) is 0 Å². The van der Waals surface area contributed by atoms with E-state index in [1.807, 2.05) is 6.92 Å². The summed E-state index contributed by atoms with van der Waals surface area (Å²) < 4.78 is 0. The number of amides is 2. The van der Waals surface area contributed by atoms with Gasteiger partial charge in [0.2, 0.25) is 11.8 Å². The SMILES string of the molecule is CCN1CC(=O)N(Cc2ccccc2CC(=O)O)CC1=O. The molecule has 1 fully saturated rings. The number of carboxylic acids is 1. The number of piperazine rings is 1. The first-order chi connectivity index (χ1) is 10.0. The molecule has 0 radical (unpaired) electrons. The van der Waals surface area contributed by atoms with E-state index >= 15 is 0 Å². The van der Waals surface area contributed by atoms with Crippen molar-refractivity contribution in [1.29, 1.82) is 0 Å². The molecule has 0 aliphatic carbocycles. The number of carboxylic acid groups (broad SMARTS) is 1. The Bertz CT molecular complexity index is 571. The van der Waals surface area contributed by atoms with Gasteiger partial charge in [-0.2, -0.15) is 0 Å². The van der Waals surface area contributed by atoms with E-state index in [2.05, 4.69) is 0 Å². The molecular formula is C15H18N2O4. The summed E-state index contributed by atoms with van der Waals surface area (Å²) >= 11 is 0. The highest BCUT2D eigenvalue weighted by atomic mass is 16.4. The Balaban J connectivity index is 2.13. The fourth-order valence-corrected chi connectivity index (χ4v) is 2.39. The van der Waals surface area contributed by atoms with Gasteiger partial charge in [0.05, 0.1) is 13.0 Å². The zero-order valence-electron chi connectivity index (χ0n) is 11.9. The fraction of sp³-hybridized carbons (Fsp3) is 0.400. The molecule has 2 rings (SSSR count). The molecule has 21 heavy (non-hydrogen) atoms. The number of rotatable bonds is 5. The van der Waals surface area contributed by atoms with E-state index in [-0.39, 0.29) is 37.9 Å². The summed E-state index contributed by atoms with van der Waals surface area (Å²) in [6, 6.07) is 7.10. The maximum Gasteiger partial charge on any atom is 0.307 e. The third-order valence-corrected chi connectivity index (χ3v) is 3.56. The normalized spacial score (nSPS) is 15.5. The average molecular weight is 290 g/mol. The minimum absolute atomic E-state index is 0.0497. The first kappa shape index (κ1) is 15.0. The number of carbonyl (C=O) groups excluding carboxylic acids is 2. The Morgan fingerprint density at radius 2 is 1.67 bits per heavy atom. The van der Waals surface area contributed by atoms with Crippen LogP contribution in [0.1, 0.15) is 18.1 Å². The molecule has 112 valence electrons. The van der Waals surface area contributed by atoms with Crippen LogP contribution in [0.5, 0.6) is 0 Å². The minimum Gasteiger partial charge on any atom is -0.481 e. The standard InChI is InChI=1S/C15H18N2O4/c1-2-16-9-14(19)17(10-13(16)18)8-12-6-4-3-5-11(12)7-15(20)21/h3-6H,2,7-10H2,1H3,(H,20,21). The average Bonchev–Trinajstić information content (AvgIpc) is 2.44. The molecule has 1 aromatic carbocycles. The summed E-state index contributed by atoms with van der Waals surface area (Å²) in [4.78, 5) is 37.8. The lowest BCUT2D eigenvalue weighted by molar-refractivity contribution is -0.150. The van der Waals surface area contributed by atoms with E-state index < -0.39 is 5.97 Å². The predicted octanol–water partition coefficient (Wildman–Crippen LogP) is 0.504. The summed E-state index contributed by atoms with van der Waals surface area (Å²) in [7, 11) is 0. The molecule has 1 N–H and O–H groups in total. The number of hydrogen-bond acceptors (Lipinski definition) is 3. The number of benzene rings is 1. The third-order valence-electron chi connectivity index (χ3n) is 3.56. The summed E-state index contributed by atoms with van der Waals surface area (Å²) in [5.41, 5.74) is 1.44. The maximum absolute atomic E-state index is 12.1. The fourth-order valence-electron chi connectivity index (χ4n) is 2.39. The van der Waals surface area contributed by atoms with Gasteiger partial charge in [-0.1, -0.05) is 24.3 Å². The monoisotopic (exact) mass is 290 g/mol. The molecule has 1 saturated heterocycles. The largest absolute Gasteiger partial charge is 0.481 e. The molecule has 1 aromatic rings. The molecule has 0 bridgehead atoms. The van der Waals surface area contributed by atoms with E-state index in [1.165, 1.54) is 9.80 Å². The molecule has 1 aliphatic heterocycles. The van der Waals surface area contributed by atoms with Crippen LogP contribution in [0.25, 0.3) is 0 Å². The second kappa shape index (κ2) is 6.39. The lowest BCUT2D eigenvalue weighted by atomic mass is 10.0. The van der Waals surface area contributed by atoms with Crippen molar-refractivity contribution in [1.82, 2.24) is 9.80 Å². The summed E-state index contributed by atoms with van der Waals surface area (Å²) in [5.74, 6) is -1.10. The maximum atomic E-state index is 12.1.